The smallest absolute Gasteiger partial charge is 0.269 e. The first-order chi connectivity index (χ1) is 20.3. The lowest BCUT2D eigenvalue weighted by Gasteiger charge is -2.29. The Hall–Kier alpha value is -5.11. The van der Waals surface area contributed by atoms with Crippen molar-refractivity contribution in [3.63, 3.8) is 0 Å². The first-order valence-corrected chi connectivity index (χ1v) is 13.6. The second kappa shape index (κ2) is 12.2. The van der Waals surface area contributed by atoms with Gasteiger partial charge < -0.3 is 24.8 Å². The zero-order valence-electron chi connectivity index (χ0n) is 23.2. The summed E-state index contributed by atoms with van der Waals surface area (Å²) in [5.74, 6) is 1.83. The number of ether oxygens (including phenoxy) is 3. The van der Waals surface area contributed by atoms with E-state index in [2.05, 4.69) is 20.6 Å². The number of amides is 1. The molecule has 1 unspecified atom stereocenters. The Morgan fingerprint density at radius 2 is 1.83 bits per heavy atom. The molecule has 0 saturated carbocycles. The summed E-state index contributed by atoms with van der Waals surface area (Å²) in [7, 11) is 4.56. The highest BCUT2D eigenvalue weighted by molar-refractivity contribution is 7.98. The fourth-order valence-corrected chi connectivity index (χ4v) is 5.34. The Bertz CT molecular complexity index is 1630. The minimum absolute atomic E-state index is 0.0235. The standard InChI is InChI=1S/C28H27N7O6S/c1-16-23(26(36)31-19-6-5-11-29-14-19)24(18-12-21(39-2)25(41-4)22(13-18)40-3)34-27(30-16)32-28(33-34)42-15-17-7-9-20(10-8-17)35(37)38/h5-14,24H,15H2,1-4H3,(H,31,36)(H,30,32,33). The average Bonchev–Trinajstić information content (AvgIpc) is 3.41. The number of benzene rings is 2. The molecule has 216 valence electrons. The largest absolute Gasteiger partial charge is 0.493 e. The van der Waals surface area contributed by atoms with Gasteiger partial charge >= 0.3 is 0 Å². The molecule has 1 aliphatic rings. The highest BCUT2D eigenvalue weighted by Gasteiger charge is 2.36. The summed E-state index contributed by atoms with van der Waals surface area (Å²) in [6.07, 6.45) is 3.19. The van der Waals surface area contributed by atoms with Crippen molar-refractivity contribution in [2.75, 3.05) is 32.0 Å². The SMILES string of the molecule is COc1cc(C2C(C(=O)Nc3cccnc3)=C(C)Nc3nc(SCc4ccc([N+](=O)[O-])cc4)nn32)cc(OC)c1OC. The normalized spacial score (nSPS) is 14.0. The van der Waals surface area contributed by atoms with Crippen LogP contribution < -0.4 is 24.8 Å². The summed E-state index contributed by atoms with van der Waals surface area (Å²) < 4.78 is 18.3. The van der Waals surface area contributed by atoms with Gasteiger partial charge in [-0.2, -0.15) is 4.98 Å². The van der Waals surface area contributed by atoms with Gasteiger partial charge in [0.2, 0.25) is 16.9 Å². The molecular formula is C28H27N7O6S. The molecule has 0 fully saturated rings. The van der Waals surface area contributed by atoms with E-state index in [0.717, 1.165) is 5.56 Å². The number of rotatable bonds is 10. The number of nitro benzene ring substituents is 1. The number of nitrogens with zero attached hydrogens (tertiary/aromatic N) is 5. The molecule has 2 N–H and O–H groups in total. The molecule has 1 aliphatic heterocycles. The summed E-state index contributed by atoms with van der Waals surface area (Å²) >= 11 is 1.36. The van der Waals surface area contributed by atoms with Crippen molar-refractivity contribution in [1.82, 2.24) is 19.7 Å². The van der Waals surface area contributed by atoms with Crippen LogP contribution in [0.4, 0.5) is 17.3 Å². The molecular weight excluding hydrogens is 562 g/mol. The second-order valence-electron chi connectivity index (χ2n) is 9.10. The minimum atomic E-state index is -0.715. The van der Waals surface area contributed by atoms with Crippen LogP contribution in [0.15, 0.2) is 77.4 Å². The van der Waals surface area contributed by atoms with Crippen LogP contribution in [0, 0.1) is 10.1 Å². The van der Waals surface area contributed by atoms with Gasteiger partial charge in [-0.25, -0.2) is 4.68 Å². The zero-order valence-corrected chi connectivity index (χ0v) is 24.0. The van der Waals surface area contributed by atoms with E-state index in [0.29, 0.717) is 56.6 Å². The third kappa shape index (κ3) is 5.69. The fourth-order valence-electron chi connectivity index (χ4n) is 4.55. The summed E-state index contributed by atoms with van der Waals surface area (Å²) in [4.78, 5) is 33.1. The van der Waals surface area contributed by atoms with Crippen LogP contribution >= 0.6 is 11.8 Å². The number of carbonyl (C=O) groups excluding carboxylic acids is 1. The van der Waals surface area contributed by atoms with Crippen LogP contribution in [-0.4, -0.2) is 51.9 Å². The summed E-state index contributed by atoms with van der Waals surface area (Å²) in [6.45, 7) is 1.80. The molecule has 14 heteroatoms. The number of pyridine rings is 1. The Balaban J connectivity index is 1.54. The van der Waals surface area contributed by atoms with Gasteiger partial charge in [0.15, 0.2) is 11.5 Å². The highest BCUT2D eigenvalue weighted by atomic mass is 32.2. The Labute approximate surface area is 245 Å². The first-order valence-electron chi connectivity index (χ1n) is 12.6. The van der Waals surface area contributed by atoms with Gasteiger partial charge in [-0.3, -0.25) is 19.9 Å². The van der Waals surface area contributed by atoms with Crippen molar-refractivity contribution in [3.8, 4) is 17.2 Å². The highest BCUT2D eigenvalue weighted by Crippen LogP contribution is 2.44. The summed E-state index contributed by atoms with van der Waals surface area (Å²) in [6, 6.07) is 12.6. The molecule has 0 saturated heterocycles. The van der Waals surface area contributed by atoms with Crippen molar-refractivity contribution in [2.45, 2.75) is 23.9 Å². The summed E-state index contributed by atoms with van der Waals surface area (Å²) in [5, 5.41) is 22.3. The fraction of sp³-hybridized carbons (Fsp3) is 0.214. The lowest BCUT2D eigenvalue weighted by Crippen LogP contribution is -2.31. The molecule has 2 aromatic carbocycles. The molecule has 4 aromatic rings. The van der Waals surface area contributed by atoms with Gasteiger partial charge in [0, 0.05) is 29.8 Å². The number of hydrogen-bond acceptors (Lipinski definition) is 11. The van der Waals surface area contributed by atoms with E-state index in [1.807, 2.05) is 0 Å². The van der Waals surface area contributed by atoms with Crippen LogP contribution in [-0.2, 0) is 10.5 Å². The number of allylic oxidation sites excluding steroid dienone is 1. The third-order valence-corrected chi connectivity index (χ3v) is 7.42. The molecule has 13 nitrogen and oxygen atoms in total. The molecule has 0 radical (unpaired) electrons. The molecule has 1 amide bonds. The molecule has 0 bridgehead atoms. The van der Waals surface area contributed by atoms with Crippen LogP contribution in [0.25, 0.3) is 0 Å². The van der Waals surface area contributed by atoms with E-state index in [1.165, 1.54) is 45.2 Å². The average molecular weight is 590 g/mol. The molecule has 3 heterocycles. The third-order valence-electron chi connectivity index (χ3n) is 6.52. The molecule has 42 heavy (non-hydrogen) atoms. The van der Waals surface area contributed by atoms with Gasteiger partial charge in [0.25, 0.3) is 11.6 Å². The van der Waals surface area contributed by atoms with Gasteiger partial charge in [-0.15, -0.1) is 5.10 Å². The maximum absolute atomic E-state index is 13.8. The van der Waals surface area contributed by atoms with Crippen molar-refractivity contribution in [3.05, 3.63) is 93.4 Å². The topological polar surface area (TPSA) is 156 Å². The summed E-state index contributed by atoms with van der Waals surface area (Å²) in [5.41, 5.74) is 3.07. The lowest BCUT2D eigenvalue weighted by molar-refractivity contribution is -0.384. The quantitative estimate of drug-likeness (QED) is 0.148. The number of methoxy groups -OCH3 is 3. The van der Waals surface area contributed by atoms with E-state index >= 15 is 0 Å². The second-order valence-corrected chi connectivity index (χ2v) is 10.0. The van der Waals surface area contributed by atoms with E-state index in [1.54, 1.807) is 60.4 Å². The van der Waals surface area contributed by atoms with E-state index in [9.17, 15) is 14.9 Å². The van der Waals surface area contributed by atoms with Crippen LogP contribution in [0.1, 0.15) is 24.1 Å². The number of nitrogens with one attached hydrogen (secondary N) is 2. The van der Waals surface area contributed by atoms with Crippen molar-refractivity contribution >= 4 is 35.0 Å². The molecule has 1 atom stereocenters. The van der Waals surface area contributed by atoms with Crippen molar-refractivity contribution in [1.29, 1.82) is 0 Å². The number of nitro groups is 1. The Kier molecular flexibility index (Phi) is 8.24. The molecule has 2 aromatic heterocycles. The number of anilines is 2. The maximum atomic E-state index is 13.8. The minimum Gasteiger partial charge on any atom is -0.493 e. The van der Waals surface area contributed by atoms with Gasteiger partial charge in [0.1, 0.15) is 6.04 Å². The van der Waals surface area contributed by atoms with Gasteiger partial charge in [0.05, 0.1) is 43.7 Å². The molecule has 0 aliphatic carbocycles. The number of hydrogen-bond donors (Lipinski definition) is 2. The van der Waals surface area contributed by atoms with Crippen LogP contribution in [0.5, 0.6) is 17.2 Å². The predicted molar refractivity (Wildman–Crippen MR) is 156 cm³/mol. The van der Waals surface area contributed by atoms with Crippen molar-refractivity contribution in [2.24, 2.45) is 0 Å². The van der Waals surface area contributed by atoms with E-state index in [-0.39, 0.29) is 11.6 Å². The zero-order chi connectivity index (χ0) is 29.8. The predicted octanol–water partition coefficient (Wildman–Crippen LogP) is 4.83. The van der Waals surface area contributed by atoms with E-state index < -0.39 is 11.0 Å². The monoisotopic (exact) mass is 589 g/mol. The molecule has 5 rings (SSSR count). The van der Waals surface area contributed by atoms with Crippen LogP contribution in [0.2, 0.25) is 0 Å². The van der Waals surface area contributed by atoms with E-state index in [4.69, 9.17) is 19.3 Å². The number of fused-ring (bicyclic) bond motifs is 1. The van der Waals surface area contributed by atoms with Gasteiger partial charge in [-0.05, 0) is 42.3 Å². The van der Waals surface area contributed by atoms with Crippen LogP contribution in [0.3, 0.4) is 0 Å². The first kappa shape index (κ1) is 28.4. The molecule has 0 spiro atoms. The number of thioether (sulfide) groups is 1. The lowest BCUT2D eigenvalue weighted by atomic mass is 9.94. The van der Waals surface area contributed by atoms with Gasteiger partial charge in [-0.1, -0.05) is 23.9 Å². The number of carbonyl (C=O) groups is 1. The Morgan fingerprint density at radius 3 is 2.43 bits per heavy atom. The Morgan fingerprint density at radius 1 is 1.12 bits per heavy atom. The maximum Gasteiger partial charge on any atom is 0.269 e. The van der Waals surface area contributed by atoms with Crippen molar-refractivity contribution < 1.29 is 23.9 Å². The number of non-ortho nitro benzene ring substituents is 1. The number of aromatic nitrogens is 4.